The number of benzene rings is 1. The third-order valence-electron chi connectivity index (χ3n) is 6.73. The molecule has 2 atom stereocenters. The van der Waals surface area contributed by atoms with E-state index in [1.807, 2.05) is 12.1 Å². The third kappa shape index (κ3) is 4.52. The van der Waals surface area contributed by atoms with Crippen molar-refractivity contribution in [2.75, 3.05) is 19.7 Å². The van der Waals surface area contributed by atoms with Crippen LogP contribution in [0.4, 0.5) is 0 Å². The number of likely N-dealkylation sites (tertiary alicyclic amines) is 1. The van der Waals surface area contributed by atoms with Gasteiger partial charge in [-0.1, -0.05) is 6.92 Å². The van der Waals surface area contributed by atoms with Crippen molar-refractivity contribution in [1.82, 2.24) is 9.88 Å². The molecule has 2 aromatic rings. The van der Waals surface area contributed by atoms with Crippen LogP contribution in [0.1, 0.15) is 61.6 Å². The second kappa shape index (κ2) is 9.35. The summed E-state index contributed by atoms with van der Waals surface area (Å²) in [6.07, 6.45) is 3.47. The Balaban J connectivity index is 1.38. The maximum absolute atomic E-state index is 12.8. The number of esters is 2. The number of aryl methyl sites for hydroxylation is 1. The number of amides is 1. The number of nitrogens with one attached hydrogen (secondary N) is 1. The van der Waals surface area contributed by atoms with Gasteiger partial charge in [-0.2, -0.15) is 0 Å². The van der Waals surface area contributed by atoms with Gasteiger partial charge in [0.15, 0.2) is 6.10 Å². The average Bonchev–Trinajstić information content (AvgIpc) is 3.15. The molecule has 1 N–H and O–H groups in total. The molecule has 2 unspecified atom stereocenters. The molecule has 1 aromatic heterocycles. The Kier molecular flexibility index (Phi) is 6.53. The maximum Gasteiger partial charge on any atom is 0.338 e. The first-order chi connectivity index (χ1) is 15.4. The number of ether oxygens (including phenoxy) is 2. The van der Waals surface area contributed by atoms with Crippen molar-refractivity contribution in [2.24, 2.45) is 11.8 Å². The highest BCUT2D eigenvalue weighted by atomic mass is 16.5. The Bertz CT molecular complexity index is 1020. The van der Waals surface area contributed by atoms with E-state index in [1.54, 1.807) is 24.8 Å². The van der Waals surface area contributed by atoms with E-state index in [9.17, 15) is 14.4 Å². The maximum atomic E-state index is 12.8. The summed E-state index contributed by atoms with van der Waals surface area (Å²) >= 11 is 0. The number of carbonyl (C=O) groups is 3. The number of piperidine rings is 1. The summed E-state index contributed by atoms with van der Waals surface area (Å²) in [5.41, 5.74) is 4.05. The van der Waals surface area contributed by atoms with Gasteiger partial charge < -0.3 is 19.4 Å². The van der Waals surface area contributed by atoms with Gasteiger partial charge in [-0.25, -0.2) is 4.79 Å². The number of H-pyrrole nitrogens is 1. The van der Waals surface area contributed by atoms with Crippen molar-refractivity contribution < 1.29 is 23.9 Å². The molecular weight excluding hydrogens is 408 g/mol. The van der Waals surface area contributed by atoms with E-state index in [2.05, 4.69) is 11.9 Å². The Morgan fingerprint density at radius 2 is 1.94 bits per heavy atom. The standard InChI is InChI=1S/C25H32N2O5/c1-4-31-24(29)17-9-11-27(12-10-17)23(28)16(3)32-25(30)18-6-8-22-20(14-18)19-13-15(2)5-7-21(19)26-22/h6,8,14-17,26H,4-5,7,9-13H2,1-3H3. The minimum absolute atomic E-state index is 0.168. The Morgan fingerprint density at radius 3 is 2.66 bits per heavy atom. The molecule has 0 radical (unpaired) electrons. The van der Waals surface area contributed by atoms with E-state index >= 15 is 0 Å². The number of carbonyl (C=O) groups excluding carboxylic acids is 3. The summed E-state index contributed by atoms with van der Waals surface area (Å²) in [6.45, 7) is 6.93. The van der Waals surface area contributed by atoms with Gasteiger partial charge in [-0.3, -0.25) is 9.59 Å². The lowest BCUT2D eigenvalue weighted by Crippen LogP contribution is -2.45. The molecule has 172 valence electrons. The highest BCUT2D eigenvalue weighted by Gasteiger charge is 2.31. The fourth-order valence-corrected chi connectivity index (χ4v) is 4.85. The van der Waals surface area contributed by atoms with Gasteiger partial charge in [0.05, 0.1) is 18.1 Å². The Morgan fingerprint density at radius 1 is 1.19 bits per heavy atom. The summed E-state index contributed by atoms with van der Waals surface area (Å²) in [6, 6.07) is 5.55. The van der Waals surface area contributed by atoms with Crippen LogP contribution < -0.4 is 0 Å². The molecule has 32 heavy (non-hydrogen) atoms. The Labute approximate surface area is 188 Å². The topological polar surface area (TPSA) is 88.7 Å². The van der Waals surface area contributed by atoms with E-state index in [1.165, 1.54) is 17.7 Å². The molecule has 7 nitrogen and oxygen atoms in total. The summed E-state index contributed by atoms with van der Waals surface area (Å²) < 4.78 is 10.6. The lowest BCUT2D eigenvalue weighted by molar-refractivity contribution is -0.152. The first-order valence-electron chi connectivity index (χ1n) is 11.7. The zero-order chi connectivity index (χ0) is 22.8. The molecule has 0 bridgehead atoms. The molecule has 2 heterocycles. The summed E-state index contributed by atoms with van der Waals surface area (Å²) in [7, 11) is 0. The minimum atomic E-state index is -0.877. The Hall–Kier alpha value is -2.83. The van der Waals surface area contributed by atoms with Crippen molar-refractivity contribution in [3.05, 3.63) is 35.0 Å². The summed E-state index contributed by atoms with van der Waals surface area (Å²) in [5.74, 6) is -0.459. The van der Waals surface area contributed by atoms with Crippen molar-refractivity contribution in [2.45, 2.75) is 59.0 Å². The second-order valence-corrected chi connectivity index (χ2v) is 9.09. The smallest absolute Gasteiger partial charge is 0.338 e. The predicted octanol–water partition coefficient (Wildman–Crippen LogP) is 3.64. The molecule has 1 aliphatic carbocycles. The fourth-order valence-electron chi connectivity index (χ4n) is 4.85. The van der Waals surface area contributed by atoms with Gasteiger partial charge in [0.2, 0.25) is 0 Å². The number of nitrogens with zero attached hydrogens (tertiary/aromatic N) is 1. The zero-order valence-corrected chi connectivity index (χ0v) is 19.1. The number of hydrogen-bond acceptors (Lipinski definition) is 5. The van der Waals surface area contributed by atoms with E-state index in [4.69, 9.17) is 9.47 Å². The molecule has 7 heteroatoms. The van der Waals surface area contributed by atoms with E-state index in [0.29, 0.717) is 44.0 Å². The average molecular weight is 441 g/mol. The number of aromatic nitrogens is 1. The van der Waals surface area contributed by atoms with Gasteiger partial charge in [0.1, 0.15) is 0 Å². The van der Waals surface area contributed by atoms with Crippen molar-refractivity contribution >= 4 is 28.7 Å². The van der Waals surface area contributed by atoms with Crippen LogP contribution in [0.2, 0.25) is 0 Å². The fraction of sp³-hybridized carbons (Fsp3) is 0.560. The van der Waals surface area contributed by atoms with Crippen LogP contribution in [-0.4, -0.2) is 53.5 Å². The number of aromatic amines is 1. The van der Waals surface area contributed by atoms with Gasteiger partial charge in [0, 0.05) is 29.7 Å². The van der Waals surface area contributed by atoms with Crippen LogP contribution in [0.15, 0.2) is 18.2 Å². The monoisotopic (exact) mass is 440 g/mol. The van der Waals surface area contributed by atoms with Crippen molar-refractivity contribution in [1.29, 1.82) is 0 Å². The number of rotatable bonds is 5. The van der Waals surface area contributed by atoms with Crippen LogP contribution in [-0.2, 0) is 31.9 Å². The molecule has 1 saturated heterocycles. The van der Waals surface area contributed by atoms with Crippen LogP contribution in [0.3, 0.4) is 0 Å². The van der Waals surface area contributed by atoms with Crippen molar-refractivity contribution in [3.8, 4) is 0 Å². The van der Waals surface area contributed by atoms with E-state index in [-0.39, 0.29) is 17.8 Å². The minimum Gasteiger partial charge on any atom is -0.466 e. The van der Waals surface area contributed by atoms with Gasteiger partial charge in [-0.05, 0) is 75.6 Å². The SMILES string of the molecule is CCOC(=O)C1CCN(C(=O)C(C)OC(=O)c2ccc3[nH]c4c(c3c2)CC(C)CC4)CC1. The molecule has 0 saturated carbocycles. The summed E-state index contributed by atoms with van der Waals surface area (Å²) in [4.78, 5) is 42.6. The number of fused-ring (bicyclic) bond motifs is 3. The van der Waals surface area contributed by atoms with Gasteiger partial charge in [0.25, 0.3) is 5.91 Å². The van der Waals surface area contributed by atoms with E-state index < -0.39 is 12.1 Å². The second-order valence-electron chi connectivity index (χ2n) is 9.09. The van der Waals surface area contributed by atoms with Crippen LogP contribution >= 0.6 is 0 Å². The quantitative estimate of drug-likeness (QED) is 0.717. The van der Waals surface area contributed by atoms with Crippen molar-refractivity contribution in [3.63, 3.8) is 0 Å². The van der Waals surface area contributed by atoms with Gasteiger partial charge >= 0.3 is 11.9 Å². The normalized spacial score (nSPS) is 20.0. The predicted molar refractivity (Wildman–Crippen MR) is 120 cm³/mol. The molecular formula is C25H32N2O5. The first kappa shape index (κ1) is 22.4. The molecule has 1 aromatic carbocycles. The third-order valence-corrected chi connectivity index (χ3v) is 6.73. The molecule has 1 amide bonds. The largest absolute Gasteiger partial charge is 0.466 e. The van der Waals surface area contributed by atoms with Gasteiger partial charge in [-0.15, -0.1) is 0 Å². The highest BCUT2D eigenvalue weighted by Crippen LogP contribution is 2.32. The first-order valence-corrected chi connectivity index (χ1v) is 11.7. The molecule has 0 spiro atoms. The zero-order valence-electron chi connectivity index (χ0n) is 19.1. The lowest BCUT2D eigenvalue weighted by atomic mass is 9.87. The van der Waals surface area contributed by atoms with Crippen LogP contribution in [0, 0.1) is 11.8 Å². The van der Waals surface area contributed by atoms with E-state index in [0.717, 1.165) is 23.7 Å². The summed E-state index contributed by atoms with van der Waals surface area (Å²) in [5, 5.41) is 1.07. The molecule has 1 aliphatic heterocycles. The molecule has 1 fully saturated rings. The molecule has 4 rings (SSSR count). The number of hydrogen-bond donors (Lipinski definition) is 1. The van der Waals surface area contributed by atoms with Crippen LogP contribution in [0.5, 0.6) is 0 Å². The molecule has 2 aliphatic rings. The van der Waals surface area contributed by atoms with Crippen LogP contribution in [0.25, 0.3) is 10.9 Å². The lowest BCUT2D eigenvalue weighted by Gasteiger charge is -2.32. The highest BCUT2D eigenvalue weighted by molar-refractivity contribution is 5.97.